The van der Waals surface area contributed by atoms with Gasteiger partial charge >= 0.3 is 0 Å². The second-order valence-electron chi connectivity index (χ2n) is 5.90. The Morgan fingerprint density at radius 2 is 1.89 bits per heavy atom. The Labute approximate surface area is 165 Å². The number of hydrogen-bond donors (Lipinski definition) is 1. The molecule has 3 rings (SSSR count). The molecule has 0 bridgehead atoms. The summed E-state index contributed by atoms with van der Waals surface area (Å²) >= 11 is 3.39. The van der Waals surface area contributed by atoms with Crippen molar-refractivity contribution in [3.63, 3.8) is 0 Å². The number of rotatable bonds is 8. The highest BCUT2D eigenvalue weighted by Crippen LogP contribution is 2.24. The molecule has 0 aliphatic heterocycles. The van der Waals surface area contributed by atoms with Gasteiger partial charge in [0.2, 0.25) is 5.88 Å². The van der Waals surface area contributed by atoms with Crippen LogP contribution in [-0.2, 0) is 11.2 Å². The molecule has 3 aromatic rings. The van der Waals surface area contributed by atoms with Crippen LogP contribution >= 0.6 is 15.9 Å². The summed E-state index contributed by atoms with van der Waals surface area (Å²) in [4.78, 5) is 11.9. The lowest BCUT2D eigenvalue weighted by atomic mass is 10.1. The van der Waals surface area contributed by atoms with E-state index in [1.54, 1.807) is 29.1 Å². The van der Waals surface area contributed by atoms with Gasteiger partial charge < -0.3 is 10.1 Å². The standard InChI is InChI=1S/C20H19BrFN3O2/c21-17-13-25(16-9-2-1-3-10-16)24-20(17)27-14-19(26)23-12-6-8-15-7-4-5-11-18(15)22/h1-5,7,9-11,13H,6,8,12,14H2,(H,23,26). The molecule has 0 saturated heterocycles. The van der Waals surface area contributed by atoms with E-state index in [0.717, 1.165) is 5.69 Å². The third kappa shape index (κ3) is 5.40. The van der Waals surface area contributed by atoms with Crippen LogP contribution in [-0.4, -0.2) is 28.8 Å². The molecular formula is C20H19BrFN3O2. The number of ether oxygens (including phenoxy) is 1. The highest BCUT2D eigenvalue weighted by atomic mass is 79.9. The van der Waals surface area contributed by atoms with E-state index >= 15 is 0 Å². The van der Waals surface area contributed by atoms with Crippen molar-refractivity contribution in [3.05, 3.63) is 76.6 Å². The molecule has 2 aromatic carbocycles. The van der Waals surface area contributed by atoms with Crippen LogP contribution in [0.3, 0.4) is 0 Å². The second kappa shape index (κ2) is 9.32. The van der Waals surface area contributed by atoms with Gasteiger partial charge in [-0.2, -0.15) is 0 Å². The first-order valence-corrected chi connectivity index (χ1v) is 9.36. The molecule has 1 aromatic heterocycles. The zero-order valence-corrected chi connectivity index (χ0v) is 16.2. The van der Waals surface area contributed by atoms with E-state index in [2.05, 4.69) is 26.3 Å². The Hall–Kier alpha value is -2.67. The number of aryl methyl sites for hydroxylation is 1. The number of halogens is 2. The maximum atomic E-state index is 13.5. The Bertz CT molecular complexity index is 899. The molecule has 1 amide bonds. The van der Waals surface area contributed by atoms with Gasteiger partial charge in [-0.25, -0.2) is 9.07 Å². The van der Waals surface area contributed by atoms with Crippen LogP contribution in [0.4, 0.5) is 4.39 Å². The molecule has 1 N–H and O–H groups in total. The van der Waals surface area contributed by atoms with Crippen molar-refractivity contribution < 1.29 is 13.9 Å². The van der Waals surface area contributed by atoms with E-state index in [0.29, 0.717) is 35.3 Å². The zero-order chi connectivity index (χ0) is 19.1. The topological polar surface area (TPSA) is 56.1 Å². The molecule has 0 atom stereocenters. The number of carbonyl (C=O) groups excluding carboxylic acids is 1. The minimum atomic E-state index is -0.246. The van der Waals surface area contributed by atoms with Crippen LogP contribution in [0, 0.1) is 5.82 Å². The first-order chi connectivity index (χ1) is 13.1. The summed E-state index contributed by atoms with van der Waals surface area (Å²) in [5, 5.41) is 7.09. The van der Waals surface area contributed by atoms with E-state index < -0.39 is 0 Å². The summed E-state index contributed by atoms with van der Waals surface area (Å²) < 4.78 is 21.3. The maximum Gasteiger partial charge on any atom is 0.258 e. The Kier molecular flexibility index (Phi) is 6.59. The minimum Gasteiger partial charge on any atom is -0.466 e. The number of aromatic nitrogens is 2. The van der Waals surface area contributed by atoms with Crippen LogP contribution in [0.1, 0.15) is 12.0 Å². The summed E-state index contributed by atoms with van der Waals surface area (Å²) in [6, 6.07) is 16.3. The van der Waals surface area contributed by atoms with Crippen molar-refractivity contribution in [2.45, 2.75) is 12.8 Å². The lowest BCUT2D eigenvalue weighted by Crippen LogP contribution is -2.30. The molecule has 0 spiro atoms. The van der Waals surface area contributed by atoms with E-state index in [9.17, 15) is 9.18 Å². The van der Waals surface area contributed by atoms with Crippen molar-refractivity contribution >= 4 is 21.8 Å². The Balaban J connectivity index is 1.43. The molecule has 0 radical (unpaired) electrons. The predicted molar refractivity (Wildman–Crippen MR) is 104 cm³/mol. The average molecular weight is 432 g/mol. The second-order valence-corrected chi connectivity index (χ2v) is 6.75. The number of nitrogens with zero attached hydrogens (tertiary/aromatic N) is 2. The van der Waals surface area contributed by atoms with Crippen LogP contribution in [0.15, 0.2) is 65.3 Å². The SMILES string of the molecule is O=C(COc1nn(-c2ccccc2)cc1Br)NCCCc1ccccc1F. The number of benzene rings is 2. The molecular weight excluding hydrogens is 413 g/mol. The fourth-order valence-electron chi connectivity index (χ4n) is 2.54. The summed E-state index contributed by atoms with van der Waals surface area (Å²) in [7, 11) is 0. The van der Waals surface area contributed by atoms with Crippen LogP contribution < -0.4 is 10.1 Å². The van der Waals surface area contributed by atoms with Crippen LogP contribution in [0.2, 0.25) is 0 Å². The van der Waals surface area contributed by atoms with E-state index in [4.69, 9.17) is 4.74 Å². The minimum absolute atomic E-state index is 0.135. The van der Waals surface area contributed by atoms with Crippen LogP contribution in [0.5, 0.6) is 5.88 Å². The largest absolute Gasteiger partial charge is 0.466 e. The fourth-order valence-corrected chi connectivity index (χ4v) is 2.93. The first kappa shape index (κ1) is 19.1. The van der Waals surface area contributed by atoms with Gasteiger partial charge in [0, 0.05) is 12.7 Å². The van der Waals surface area contributed by atoms with Crippen molar-refractivity contribution in [2.24, 2.45) is 0 Å². The number of amides is 1. The normalized spacial score (nSPS) is 10.6. The highest BCUT2D eigenvalue weighted by Gasteiger charge is 2.11. The third-order valence-electron chi connectivity index (χ3n) is 3.90. The van der Waals surface area contributed by atoms with E-state index in [-0.39, 0.29) is 18.3 Å². The average Bonchev–Trinajstić information content (AvgIpc) is 3.06. The Morgan fingerprint density at radius 1 is 1.15 bits per heavy atom. The molecule has 0 unspecified atom stereocenters. The van der Waals surface area contributed by atoms with Gasteiger partial charge in [-0.05, 0) is 52.5 Å². The lowest BCUT2D eigenvalue weighted by molar-refractivity contribution is -0.123. The molecule has 1 heterocycles. The van der Waals surface area contributed by atoms with Crippen molar-refractivity contribution in [1.82, 2.24) is 15.1 Å². The summed E-state index contributed by atoms with van der Waals surface area (Å²) in [6.07, 6.45) is 3.00. The lowest BCUT2D eigenvalue weighted by Gasteiger charge is -2.07. The molecule has 0 aliphatic rings. The molecule has 27 heavy (non-hydrogen) atoms. The van der Waals surface area contributed by atoms with Gasteiger partial charge in [0.25, 0.3) is 5.91 Å². The Morgan fingerprint density at radius 3 is 2.67 bits per heavy atom. The van der Waals surface area contributed by atoms with E-state index in [1.807, 2.05) is 30.3 Å². The summed E-state index contributed by atoms with van der Waals surface area (Å²) in [5.41, 5.74) is 1.55. The first-order valence-electron chi connectivity index (χ1n) is 8.57. The molecule has 0 saturated carbocycles. The molecule has 5 nitrogen and oxygen atoms in total. The number of carbonyl (C=O) groups is 1. The fraction of sp³-hybridized carbons (Fsp3) is 0.200. The van der Waals surface area contributed by atoms with Gasteiger partial charge in [-0.15, -0.1) is 5.10 Å². The quantitative estimate of drug-likeness (QED) is 0.550. The van der Waals surface area contributed by atoms with Crippen molar-refractivity contribution in [2.75, 3.05) is 13.2 Å². The maximum absolute atomic E-state index is 13.5. The summed E-state index contributed by atoms with van der Waals surface area (Å²) in [6.45, 7) is 0.320. The van der Waals surface area contributed by atoms with Gasteiger partial charge in [-0.3, -0.25) is 4.79 Å². The highest BCUT2D eigenvalue weighted by molar-refractivity contribution is 9.10. The monoisotopic (exact) mass is 431 g/mol. The third-order valence-corrected chi connectivity index (χ3v) is 4.45. The number of hydrogen-bond acceptors (Lipinski definition) is 3. The van der Waals surface area contributed by atoms with Gasteiger partial charge in [0.1, 0.15) is 5.82 Å². The van der Waals surface area contributed by atoms with Crippen molar-refractivity contribution in [3.8, 4) is 11.6 Å². The number of nitrogens with one attached hydrogen (secondary N) is 1. The summed E-state index contributed by atoms with van der Waals surface area (Å²) in [5.74, 6) is -0.115. The molecule has 0 aliphatic carbocycles. The molecule has 0 fully saturated rings. The van der Waals surface area contributed by atoms with Gasteiger partial charge in [0.05, 0.1) is 10.2 Å². The van der Waals surface area contributed by atoms with Crippen LogP contribution in [0.25, 0.3) is 5.69 Å². The van der Waals surface area contributed by atoms with E-state index in [1.165, 1.54) is 6.07 Å². The van der Waals surface area contributed by atoms with Gasteiger partial charge in [-0.1, -0.05) is 36.4 Å². The van der Waals surface area contributed by atoms with Crippen molar-refractivity contribution in [1.29, 1.82) is 0 Å². The smallest absolute Gasteiger partial charge is 0.258 e. The van der Waals surface area contributed by atoms with Gasteiger partial charge in [0.15, 0.2) is 6.61 Å². The predicted octanol–water partition coefficient (Wildman–Crippen LogP) is 3.90. The zero-order valence-electron chi connectivity index (χ0n) is 14.6. The number of para-hydroxylation sites is 1. The molecule has 7 heteroatoms. The molecule has 140 valence electrons.